The van der Waals surface area contributed by atoms with E-state index < -0.39 is 0 Å². The second kappa shape index (κ2) is 7.73. The molecular weight excluding hydrogens is 362 g/mol. The van der Waals surface area contributed by atoms with E-state index >= 15 is 0 Å². The number of piperidine rings is 2. The fourth-order valence-electron chi connectivity index (χ4n) is 4.75. The molecule has 0 N–H and O–H groups in total. The third-order valence-corrected chi connectivity index (χ3v) is 6.94. The molecule has 4 rings (SSSR count). The highest BCUT2D eigenvalue weighted by Gasteiger charge is 2.34. The third-order valence-electron chi connectivity index (χ3n) is 5.93. The van der Waals surface area contributed by atoms with Crippen LogP contribution in [0.1, 0.15) is 46.0 Å². The zero-order valence-corrected chi connectivity index (χ0v) is 17.1. The first-order valence-corrected chi connectivity index (χ1v) is 11.0. The molecule has 3 atom stereocenters. The van der Waals surface area contributed by atoms with Crippen molar-refractivity contribution >= 4 is 33.4 Å². The summed E-state index contributed by atoms with van der Waals surface area (Å²) in [6.45, 7) is 8.61. The normalized spacial score (nSPS) is 29.5. The number of rotatable bonds is 3. The summed E-state index contributed by atoms with van der Waals surface area (Å²) in [6.07, 6.45) is 4.64. The Balaban J connectivity index is 1.41. The molecule has 1 aromatic rings. The Labute approximate surface area is 164 Å². The number of likely N-dealkylation sites (tertiary alicyclic amines) is 1. The molecule has 0 saturated carbocycles. The molecule has 8 heteroatoms. The number of amides is 2. The molecule has 1 aromatic heterocycles. The van der Waals surface area contributed by atoms with Crippen molar-refractivity contribution in [3.8, 4) is 0 Å². The number of carbonyl (C=O) groups is 2. The van der Waals surface area contributed by atoms with E-state index in [2.05, 4.69) is 33.8 Å². The maximum absolute atomic E-state index is 13.1. The molecule has 3 aliphatic heterocycles. The first-order valence-electron chi connectivity index (χ1n) is 10.2. The van der Waals surface area contributed by atoms with Gasteiger partial charge in [0, 0.05) is 39.1 Å². The Kier molecular flexibility index (Phi) is 5.34. The molecule has 3 fully saturated rings. The molecule has 7 nitrogen and oxygen atoms in total. The lowest BCUT2D eigenvalue weighted by Crippen LogP contribution is -2.49. The van der Waals surface area contributed by atoms with E-state index in [1.165, 1.54) is 17.8 Å². The molecule has 0 aromatic carbocycles. The molecule has 4 heterocycles. The van der Waals surface area contributed by atoms with Crippen LogP contribution < -0.4 is 9.80 Å². The van der Waals surface area contributed by atoms with Gasteiger partial charge in [0.15, 0.2) is 0 Å². The number of hydrogen-bond acceptors (Lipinski definition) is 6. The van der Waals surface area contributed by atoms with Gasteiger partial charge >= 0.3 is 0 Å². The van der Waals surface area contributed by atoms with Crippen LogP contribution in [-0.4, -0.2) is 59.6 Å². The first kappa shape index (κ1) is 18.7. The standard InChI is InChI=1S/C19H29N5O2S/c1-13-9-14(2)11-23(10-13)17(26)15-5-3-7-22(12-15)18-20-21-19(27-18)24-8-4-6-16(24)25/h13-15H,3-12H2,1-2H3/t13-,14-,15-/m1/s1. The smallest absolute Gasteiger partial charge is 0.228 e. The van der Waals surface area contributed by atoms with E-state index in [-0.39, 0.29) is 11.8 Å². The summed E-state index contributed by atoms with van der Waals surface area (Å²) in [5, 5.41) is 10.1. The van der Waals surface area contributed by atoms with Crippen molar-refractivity contribution in [2.24, 2.45) is 17.8 Å². The molecule has 0 bridgehead atoms. The Morgan fingerprint density at radius 2 is 1.78 bits per heavy atom. The van der Waals surface area contributed by atoms with Crippen LogP contribution in [0.3, 0.4) is 0 Å². The van der Waals surface area contributed by atoms with Gasteiger partial charge < -0.3 is 9.80 Å². The van der Waals surface area contributed by atoms with Crippen molar-refractivity contribution in [2.75, 3.05) is 42.5 Å². The van der Waals surface area contributed by atoms with E-state index in [4.69, 9.17) is 0 Å². The molecule has 3 saturated heterocycles. The van der Waals surface area contributed by atoms with Crippen molar-refractivity contribution in [3.05, 3.63) is 0 Å². The lowest BCUT2D eigenvalue weighted by Gasteiger charge is -2.39. The predicted octanol–water partition coefficient (Wildman–Crippen LogP) is 2.39. The zero-order chi connectivity index (χ0) is 19.0. The van der Waals surface area contributed by atoms with E-state index in [1.54, 1.807) is 4.90 Å². The quantitative estimate of drug-likeness (QED) is 0.791. The molecule has 0 spiro atoms. The fourth-order valence-corrected chi connectivity index (χ4v) is 5.67. The summed E-state index contributed by atoms with van der Waals surface area (Å²) < 4.78 is 0. The Hall–Kier alpha value is -1.70. The minimum absolute atomic E-state index is 0.0389. The van der Waals surface area contributed by atoms with Crippen LogP contribution in [0.4, 0.5) is 10.3 Å². The molecule has 27 heavy (non-hydrogen) atoms. The van der Waals surface area contributed by atoms with Crippen LogP contribution in [0.2, 0.25) is 0 Å². The van der Waals surface area contributed by atoms with Gasteiger partial charge in [-0.3, -0.25) is 14.5 Å². The Morgan fingerprint density at radius 1 is 1.04 bits per heavy atom. The van der Waals surface area contributed by atoms with Gasteiger partial charge in [0.2, 0.25) is 22.1 Å². The van der Waals surface area contributed by atoms with Crippen molar-refractivity contribution in [3.63, 3.8) is 0 Å². The molecule has 148 valence electrons. The van der Waals surface area contributed by atoms with Crippen LogP contribution in [0.15, 0.2) is 0 Å². The van der Waals surface area contributed by atoms with Crippen molar-refractivity contribution in [1.29, 1.82) is 0 Å². The highest BCUT2D eigenvalue weighted by molar-refractivity contribution is 7.19. The van der Waals surface area contributed by atoms with Gasteiger partial charge in [0.05, 0.1) is 5.92 Å². The summed E-state index contributed by atoms with van der Waals surface area (Å²) in [5.74, 6) is 1.65. The van der Waals surface area contributed by atoms with Gasteiger partial charge in [-0.25, -0.2) is 0 Å². The Morgan fingerprint density at radius 3 is 2.48 bits per heavy atom. The topological polar surface area (TPSA) is 69.6 Å². The second-order valence-corrected chi connectivity index (χ2v) is 9.42. The summed E-state index contributed by atoms with van der Waals surface area (Å²) in [5.41, 5.74) is 0. The van der Waals surface area contributed by atoms with E-state index in [9.17, 15) is 9.59 Å². The monoisotopic (exact) mass is 391 g/mol. The zero-order valence-electron chi connectivity index (χ0n) is 16.3. The largest absolute Gasteiger partial charge is 0.346 e. The molecule has 2 amide bonds. The number of nitrogens with zero attached hydrogens (tertiary/aromatic N) is 5. The average Bonchev–Trinajstić information content (AvgIpc) is 3.29. The SMILES string of the molecule is C[C@@H]1C[C@@H](C)CN(C(=O)[C@@H]2CCCN(c3nnc(N4CCCC4=O)s3)C2)C1. The second-order valence-electron chi connectivity index (χ2n) is 8.49. The van der Waals surface area contributed by atoms with E-state index in [0.717, 1.165) is 50.6 Å². The molecule has 0 aliphatic carbocycles. The third kappa shape index (κ3) is 3.95. The number of aromatic nitrogens is 2. The number of anilines is 2. The highest BCUT2D eigenvalue weighted by Crippen LogP contribution is 2.33. The van der Waals surface area contributed by atoms with E-state index in [1.807, 2.05) is 0 Å². The molecule has 0 radical (unpaired) electrons. The Bertz CT molecular complexity index is 698. The van der Waals surface area contributed by atoms with Crippen LogP contribution in [0.25, 0.3) is 0 Å². The minimum atomic E-state index is 0.0389. The highest BCUT2D eigenvalue weighted by atomic mass is 32.1. The van der Waals surface area contributed by atoms with Crippen LogP contribution >= 0.6 is 11.3 Å². The maximum atomic E-state index is 13.1. The summed E-state index contributed by atoms with van der Waals surface area (Å²) in [4.78, 5) is 31.0. The molecule has 3 aliphatic rings. The van der Waals surface area contributed by atoms with Crippen LogP contribution in [0, 0.1) is 17.8 Å². The minimum Gasteiger partial charge on any atom is -0.346 e. The van der Waals surface area contributed by atoms with Crippen LogP contribution in [-0.2, 0) is 9.59 Å². The van der Waals surface area contributed by atoms with Crippen molar-refractivity contribution < 1.29 is 9.59 Å². The maximum Gasteiger partial charge on any atom is 0.228 e. The lowest BCUT2D eigenvalue weighted by atomic mass is 9.89. The van der Waals surface area contributed by atoms with Crippen molar-refractivity contribution in [1.82, 2.24) is 15.1 Å². The van der Waals surface area contributed by atoms with Gasteiger partial charge in [-0.2, -0.15) is 0 Å². The van der Waals surface area contributed by atoms with E-state index in [0.29, 0.717) is 35.8 Å². The van der Waals surface area contributed by atoms with Crippen LogP contribution in [0.5, 0.6) is 0 Å². The first-order chi connectivity index (χ1) is 13.0. The summed E-state index contributed by atoms with van der Waals surface area (Å²) >= 11 is 1.47. The van der Waals surface area contributed by atoms with Gasteiger partial charge in [0.25, 0.3) is 0 Å². The average molecular weight is 392 g/mol. The van der Waals surface area contributed by atoms with Gasteiger partial charge in [-0.15, -0.1) is 10.2 Å². The summed E-state index contributed by atoms with van der Waals surface area (Å²) in [7, 11) is 0. The predicted molar refractivity (Wildman–Crippen MR) is 106 cm³/mol. The van der Waals surface area contributed by atoms with Gasteiger partial charge in [-0.1, -0.05) is 25.2 Å². The fraction of sp³-hybridized carbons (Fsp3) is 0.789. The van der Waals surface area contributed by atoms with Crippen molar-refractivity contribution in [2.45, 2.75) is 46.0 Å². The number of hydrogen-bond donors (Lipinski definition) is 0. The number of carbonyl (C=O) groups excluding carboxylic acids is 2. The molecular formula is C19H29N5O2S. The lowest BCUT2D eigenvalue weighted by molar-refractivity contribution is -0.138. The summed E-state index contributed by atoms with van der Waals surface area (Å²) in [6, 6.07) is 0. The van der Waals surface area contributed by atoms with Gasteiger partial charge in [0.1, 0.15) is 0 Å². The molecule has 0 unspecified atom stereocenters. The van der Waals surface area contributed by atoms with Gasteiger partial charge in [-0.05, 0) is 37.5 Å².